The summed E-state index contributed by atoms with van der Waals surface area (Å²) in [6.45, 7) is 1.74. The molecule has 1 heterocycles. The number of carbonyl (C=O) groups excluding carboxylic acids is 2. The number of amides is 1. The fourth-order valence-electron chi connectivity index (χ4n) is 2.94. The molecule has 8 nitrogen and oxygen atoms in total. The van der Waals surface area contributed by atoms with Crippen LogP contribution in [0.3, 0.4) is 0 Å². The van der Waals surface area contributed by atoms with E-state index < -0.39 is 6.04 Å². The quantitative estimate of drug-likeness (QED) is 0.377. The van der Waals surface area contributed by atoms with Crippen molar-refractivity contribution in [3.05, 3.63) is 58.1 Å². The third-order valence-corrected chi connectivity index (χ3v) is 7.60. The molecule has 0 radical (unpaired) electrons. The fourth-order valence-corrected chi connectivity index (χ4v) is 5.14. The third kappa shape index (κ3) is 7.11. The minimum Gasteiger partial charge on any atom is -0.378 e. The van der Waals surface area contributed by atoms with Gasteiger partial charge in [-0.1, -0.05) is 72.2 Å². The summed E-state index contributed by atoms with van der Waals surface area (Å²) in [6.07, 6.45) is 0.449. The van der Waals surface area contributed by atoms with Gasteiger partial charge in [0.25, 0.3) is 5.24 Å². The van der Waals surface area contributed by atoms with E-state index in [0.29, 0.717) is 32.3 Å². The molecule has 0 aliphatic carbocycles. The SMILES string of the molecule is CCC(NC(=O)SCc1ccccc1)C(=O)Cn1nnnc1Sc1c(Cl)cc(N(C)C)cc1Cl. The first-order valence-electron chi connectivity index (χ1n) is 10.4. The number of halogens is 2. The molecule has 2 aromatic carbocycles. The Morgan fingerprint density at radius 3 is 2.44 bits per heavy atom. The number of hydrogen-bond acceptors (Lipinski definition) is 8. The smallest absolute Gasteiger partial charge is 0.279 e. The predicted octanol–water partition coefficient (Wildman–Crippen LogP) is 5.19. The van der Waals surface area contributed by atoms with Crippen LogP contribution in [0.4, 0.5) is 10.5 Å². The Labute approximate surface area is 216 Å². The molecule has 0 saturated carbocycles. The maximum Gasteiger partial charge on any atom is 0.279 e. The van der Waals surface area contributed by atoms with Gasteiger partial charge in [-0.25, -0.2) is 4.68 Å². The van der Waals surface area contributed by atoms with Gasteiger partial charge in [0, 0.05) is 25.5 Å². The van der Waals surface area contributed by atoms with E-state index in [0.717, 1.165) is 23.0 Å². The largest absolute Gasteiger partial charge is 0.378 e. The van der Waals surface area contributed by atoms with E-state index in [9.17, 15) is 9.59 Å². The van der Waals surface area contributed by atoms with Crippen LogP contribution in [0.15, 0.2) is 52.5 Å². The minimum absolute atomic E-state index is 0.0948. The molecule has 180 valence electrons. The molecule has 34 heavy (non-hydrogen) atoms. The third-order valence-electron chi connectivity index (χ3n) is 4.80. The minimum atomic E-state index is -0.649. The molecule has 1 atom stereocenters. The number of carbonyl (C=O) groups is 2. The summed E-state index contributed by atoms with van der Waals surface area (Å²) in [5.41, 5.74) is 1.90. The molecule has 0 aliphatic heterocycles. The van der Waals surface area contributed by atoms with Crippen LogP contribution in [-0.4, -0.2) is 51.4 Å². The van der Waals surface area contributed by atoms with Crippen LogP contribution in [0, 0.1) is 0 Å². The summed E-state index contributed by atoms with van der Waals surface area (Å²) >= 11 is 15.2. The van der Waals surface area contributed by atoms with Gasteiger partial charge in [0.15, 0.2) is 5.78 Å². The number of nitrogens with one attached hydrogen (secondary N) is 1. The monoisotopic (exact) mass is 538 g/mol. The standard InChI is InChI=1S/C22H24Cl2N6O2S2/c1-4-18(25-22(32)33-13-14-8-6-5-7-9-14)19(31)12-30-21(26-27-28-30)34-20-16(23)10-15(29(2)3)11-17(20)24/h5-11,18H,4,12-13H2,1-3H3,(H,25,32). The average molecular weight is 540 g/mol. The van der Waals surface area contributed by atoms with E-state index in [1.807, 2.05) is 56.3 Å². The molecule has 0 bridgehead atoms. The first-order valence-corrected chi connectivity index (χ1v) is 12.9. The van der Waals surface area contributed by atoms with Crippen LogP contribution in [0.25, 0.3) is 0 Å². The molecule has 0 saturated heterocycles. The van der Waals surface area contributed by atoms with Gasteiger partial charge in [-0.3, -0.25) is 9.59 Å². The Hall–Kier alpha value is -2.27. The van der Waals surface area contributed by atoms with Crippen LogP contribution in [0.2, 0.25) is 10.0 Å². The first-order chi connectivity index (χ1) is 16.3. The molecule has 1 N–H and O–H groups in total. The number of thioether (sulfide) groups is 1. The van der Waals surface area contributed by atoms with E-state index in [4.69, 9.17) is 23.2 Å². The van der Waals surface area contributed by atoms with Gasteiger partial charge in [-0.2, -0.15) is 0 Å². The predicted molar refractivity (Wildman–Crippen MR) is 138 cm³/mol. The summed E-state index contributed by atoms with van der Waals surface area (Å²) in [5, 5.41) is 15.4. The zero-order valence-corrected chi connectivity index (χ0v) is 22.0. The van der Waals surface area contributed by atoms with Gasteiger partial charge >= 0.3 is 0 Å². The number of ketones is 1. The van der Waals surface area contributed by atoms with E-state index >= 15 is 0 Å². The van der Waals surface area contributed by atoms with Gasteiger partial charge in [0.2, 0.25) is 5.16 Å². The summed E-state index contributed by atoms with van der Waals surface area (Å²) in [5.74, 6) is 0.324. The highest BCUT2D eigenvalue weighted by atomic mass is 35.5. The van der Waals surface area contributed by atoms with Gasteiger partial charge in [0.1, 0.15) is 6.54 Å². The molecule has 1 amide bonds. The first kappa shape index (κ1) is 26.3. The van der Waals surface area contributed by atoms with Crippen molar-refractivity contribution < 1.29 is 9.59 Å². The van der Waals surface area contributed by atoms with Crippen molar-refractivity contribution in [2.24, 2.45) is 0 Å². The average Bonchev–Trinajstić information content (AvgIpc) is 3.25. The highest BCUT2D eigenvalue weighted by molar-refractivity contribution is 8.12. The lowest BCUT2D eigenvalue weighted by Gasteiger charge is -2.16. The Morgan fingerprint density at radius 2 is 1.82 bits per heavy atom. The van der Waals surface area contributed by atoms with Crippen molar-refractivity contribution >= 4 is 63.4 Å². The molecular weight excluding hydrogens is 515 g/mol. The second-order valence-corrected chi connectivity index (χ2v) is 10.2. The number of rotatable bonds is 10. The number of aromatic nitrogens is 4. The van der Waals surface area contributed by atoms with Crippen molar-refractivity contribution in [2.75, 3.05) is 19.0 Å². The summed E-state index contributed by atoms with van der Waals surface area (Å²) in [4.78, 5) is 27.8. The zero-order valence-electron chi connectivity index (χ0n) is 18.9. The molecule has 3 rings (SSSR count). The number of nitrogens with zero attached hydrogens (tertiary/aromatic N) is 5. The van der Waals surface area contributed by atoms with Crippen LogP contribution in [0.1, 0.15) is 18.9 Å². The highest BCUT2D eigenvalue weighted by Gasteiger charge is 2.22. The van der Waals surface area contributed by atoms with E-state index in [-0.39, 0.29) is 17.6 Å². The second-order valence-electron chi connectivity index (χ2n) is 7.49. The zero-order chi connectivity index (χ0) is 24.7. The molecule has 12 heteroatoms. The summed E-state index contributed by atoms with van der Waals surface area (Å²) in [7, 11) is 3.79. The molecule has 3 aromatic rings. The Morgan fingerprint density at radius 1 is 1.15 bits per heavy atom. The second kappa shape index (κ2) is 12.4. The van der Waals surface area contributed by atoms with E-state index in [1.165, 1.54) is 16.4 Å². The number of hydrogen-bond donors (Lipinski definition) is 1. The lowest BCUT2D eigenvalue weighted by molar-refractivity contribution is -0.121. The van der Waals surface area contributed by atoms with Crippen LogP contribution < -0.4 is 10.2 Å². The molecular formula is C22H24Cl2N6O2S2. The van der Waals surface area contributed by atoms with Crippen LogP contribution in [0.5, 0.6) is 0 Å². The Balaban J connectivity index is 1.63. The molecule has 1 aromatic heterocycles. The maximum atomic E-state index is 12.9. The van der Waals surface area contributed by atoms with E-state index in [2.05, 4.69) is 20.8 Å². The molecule has 0 spiro atoms. The maximum absolute atomic E-state index is 12.9. The van der Waals surface area contributed by atoms with Gasteiger partial charge in [0.05, 0.1) is 21.0 Å². The summed E-state index contributed by atoms with van der Waals surface area (Å²) < 4.78 is 1.38. The molecule has 1 unspecified atom stereocenters. The molecule has 0 aliphatic rings. The van der Waals surface area contributed by atoms with Crippen LogP contribution in [-0.2, 0) is 17.1 Å². The number of tetrazole rings is 1. The fraction of sp³-hybridized carbons (Fsp3) is 0.318. The van der Waals surface area contributed by atoms with Crippen molar-refractivity contribution in [1.29, 1.82) is 0 Å². The lowest BCUT2D eigenvalue weighted by atomic mass is 10.1. The molecule has 0 fully saturated rings. The van der Waals surface area contributed by atoms with Gasteiger partial charge in [-0.15, -0.1) is 5.10 Å². The van der Waals surface area contributed by atoms with Crippen molar-refractivity contribution in [1.82, 2.24) is 25.5 Å². The number of Topliss-reactive ketones (excluding diaryl/α,β-unsaturated/α-hetero) is 1. The number of benzene rings is 2. The topological polar surface area (TPSA) is 93.0 Å². The van der Waals surface area contributed by atoms with Gasteiger partial charge in [-0.05, 0) is 46.3 Å². The van der Waals surface area contributed by atoms with Crippen molar-refractivity contribution in [3.63, 3.8) is 0 Å². The highest BCUT2D eigenvalue weighted by Crippen LogP contribution is 2.40. The van der Waals surface area contributed by atoms with Crippen molar-refractivity contribution in [3.8, 4) is 0 Å². The Bertz CT molecular complexity index is 1120. The lowest BCUT2D eigenvalue weighted by Crippen LogP contribution is -2.40. The van der Waals surface area contributed by atoms with Gasteiger partial charge < -0.3 is 10.2 Å². The van der Waals surface area contributed by atoms with Crippen LogP contribution >= 0.6 is 46.7 Å². The summed E-state index contributed by atoms with van der Waals surface area (Å²) in [6, 6.07) is 12.6. The van der Waals surface area contributed by atoms with Crippen molar-refractivity contribution in [2.45, 2.75) is 41.7 Å². The Kier molecular flexibility index (Phi) is 9.63. The van der Waals surface area contributed by atoms with E-state index in [1.54, 1.807) is 12.1 Å². The number of anilines is 1. The normalized spacial score (nSPS) is 11.8.